The zero-order valence-electron chi connectivity index (χ0n) is 7.12. The van der Waals surface area contributed by atoms with Crippen LogP contribution >= 0.6 is 0 Å². The Bertz CT molecular complexity index is 424. The maximum absolute atomic E-state index is 13.3. The third-order valence-electron chi connectivity index (χ3n) is 1.72. The number of hydrogen-bond donors (Lipinski definition) is 2. The fourth-order valence-electron chi connectivity index (χ4n) is 1.07. The zero-order valence-corrected chi connectivity index (χ0v) is 7.12. The summed E-state index contributed by atoms with van der Waals surface area (Å²) in [7, 11) is 0. The summed E-state index contributed by atoms with van der Waals surface area (Å²) in [4.78, 5) is 10.4. The molecule has 5 heteroatoms. The number of nitrogen functional groups attached to an aromatic ring is 1. The number of halogens is 1. The number of anilines is 1. The van der Waals surface area contributed by atoms with E-state index in [4.69, 9.17) is 16.1 Å². The van der Waals surface area contributed by atoms with Gasteiger partial charge in [-0.25, -0.2) is 4.39 Å². The van der Waals surface area contributed by atoms with Crippen LogP contribution in [0.4, 0.5) is 10.1 Å². The SMILES string of the molecule is N#Cc1ccc(N)c(F)c1CC(=O)O. The van der Waals surface area contributed by atoms with Crippen LogP contribution in [0.3, 0.4) is 0 Å². The zero-order chi connectivity index (χ0) is 10.7. The molecule has 1 aromatic carbocycles. The lowest BCUT2D eigenvalue weighted by atomic mass is 10.0. The van der Waals surface area contributed by atoms with E-state index in [2.05, 4.69) is 0 Å². The number of carboxylic acids is 1. The van der Waals surface area contributed by atoms with E-state index in [-0.39, 0.29) is 16.8 Å². The molecule has 72 valence electrons. The van der Waals surface area contributed by atoms with Gasteiger partial charge >= 0.3 is 5.97 Å². The molecular weight excluding hydrogens is 187 g/mol. The highest BCUT2D eigenvalue weighted by Crippen LogP contribution is 2.19. The molecule has 3 N–H and O–H groups in total. The number of carboxylic acid groups (broad SMARTS) is 1. The lowest BCUT2D eigenvalue weighted by Gasteiger charge is -2.04. The molecule has 0 saturated carbocycles. The first-order valence-corrected chi connectivity index (χ1v) is 3.75. The van der Waals surface area contributed by atoms with E-state index < -0.39 is 18.2 Å². The van der Waals surface area contributed by atoms with Crippen LogP contribution in [0.25, 0.3) is 0 Å². The topological polar surface area (TPSA) is 87.1 Å². The van der Waals surface area contributed by atoms with E-state index in [1.807, 2.05) is 0 Å². The Balaban J connectivity index is 3.29. The standard InChI is InChI=1S/C9H7FN2O2/c10-9-6(3-8(13)14)5(4-11)1-2-7(9)12/h1-2H,3,12H2,(H,13,14). The highest BCUT2D eigenvalue weighted by molar-refractivity contribution is 5.72. The van der Waals surface area contributed by atoms with Gasteiger partial charge in [0.25, 0.3) is 0 Å². The second-order valence-corrected chi connectivity index (χ2v) is 2.68. The molecule has 14 heavy (non-hydrogen) atoms. The lowest BCUT2D eigenvalue weighted by molar-refractivity contribution is -0.136. The molecule has 4 nitrogen and oxygen atoms in total. The quantitative estimate of drug-likeness (QED) is 0.685. The Labute approximate surface area is 79.4 Å². The first kappa shape index (κ1) is 9.99. The summed E-state index contributed by atoms with van der Waals surface area (Å²) in [5, 5.41) is 17.1. The van der Waals surface area contributed by atoms with Gasteiger partial charge in [0, 0.05) is 5.56 Å². The molecular formula is C9H7FN2O2. The molecule has 0 aromatic heterocycles. The Kier molecular flexibility index (Phi) is 2.67. The fourth-order valence-corrected chi connectivity index (χ4v) is 1.07. The van der Waals surface area contributed by atoms with Crippen molar-refractivity contribution in [1.29, 1.82) is 5.26 Å². The average Bonchev–Trinajstić information content (AvgIpc) is 2.13. The molecule has 0 heterocycles. The van der Waals surface area contributed by atoms with Crippen LogP contribution in [0.15, 0.2) is 12.1 Å². The predicted molar refractivity (Wildman–Crippen MR) is 46.9 cm³/mol. The first-order chi connectivity index (χ1) is 6.56. The number of nitriles is 1. The van der Waals surface area contributed by atoms with Gasteiger partial charge < -0.3 is 10.8 Å². The Hall–Kier alpha value is -2.09. The van der Waals surface area contributed by atoms with Gasteiger partial charge in [0.15, 0.2) is 5.82 Å². The second-order valence-electron chi connectivity index (χ2n) is 2.68. The van der Waals surface area contributed by atoms with Gasteiger partial charge in [-0.3, -0.25) is 4.79 Å². The highest BCUT2D eigenvalue weighted by atomic mass is 19.1. The summed E-state index contributed by atoms with van der Waals surface area (Å²) in [6.07, 6.45) is -0.542. The Morgan fingerprint density at radius 2 is 2.29 bits per heavy atom. The van der Waals surface area contributed by atoms with Crippen molar-refractivity contribution in [2.75, 3.05) is 5.73 Å². The summed E-state index contributed by atoms with van der Waals surface area (Å²) < 4.78 is 13.3. The minimum Gasteiger partial charge on any atom is -0.481 e. The van der Waals surface area contributed by atoms with E-state index in [0.29, 0.717) is 0 Å². The van der Waals surface area contributed by atoms with E-state index >= 15 is 0 Å². The third kappa shape index (κ3) is 1.80. The van der Waals surface area contributed by atoms with Gasteiger partial charge in [0.2, 0.25) is 0 Å². The van der Waals surface area contributed by atoms with E-state index in [0.717, 1.165) is 0 Å². The van der Waals surface area contributed by atoms with Crippen LogP contribution in [0.2, 0.25) is 0 Å². The molecule has 0 bridgehead atoms. The van der Waals surface area contributed by atoms with Crippen molar-refractivity contribution in [3.05, 3.63) is 29.1 Å². The molecule has 0 aliphatic rings. The molecule has 1 aromatic rings. The highest BCUT2D eigenvalue weighted by Gasteiger charge is 2.14. The number of rotatable bonds is 2. The third-order valence-corrected chi connectivity index (χ3v) is 1.72. The minimum absolute atomic E-state index is 0.000833. The van der Waals surface area contributed by atoms with Crippen molar-refractivity contribution >= 4 is 11.7 Å². The molecule has 1 rings (SSSR count). The summed E-state index contributed by atoms with van der Waals surface area (Å²) in [5.74, 6) is -2.03. The van der Waals surface area contributed by atoms with Gasteiger partial charge in [-0.05, 0) is 12.1 Å². The lowest BCUT2D eigenvalue weighted by Crippen LogP contribution is -2.07. The normalized spacial score (nSPS) is 9.43. The smallest absolute Gasteiger partial charge is 0.307 e. The van der Waals surface area contributed by atoms with Gasteiger partial charge in [-0.2, -0.15) is 5.26 Å². The minimum atomic E-state index is -1.20. The second kappa shape index (κ2) is 3.75. The molecule has 0 saturated heterocycles. The van der Waals surface area contributed by atoms with Crippen molar-refractivity contribution in [3.8, 4) is 6.07 Å². The van der Waals surface area contributed by atoms with Crippen molar-refractivity contribution in [3.63, 3.8) is 0 Å². The van der Waals surface area contributed by atoms with Gasteiger partial charge in [0.1, 0.15) is 0 Å². The summed E-state index contributed by atoms with van der Waals surface area (Å²) >= 11 is 0. The molecule has 0 fully saturated rings. The Morgan fingerprint density at radius 3 is 2.79 bits per heavy atom. The van der Waals surface area contributed by atoms with Crippen molar-refractivity contribution < 1.29 is 14.3 Å². The molecule has 0 atom stereocenters. The van der Waals surface area contributed by atoms with Crippen molar-refractivity contribution in [1.82, 2.24) is 0 Å². The molecule has 0 aliphatic carbocycles. The monoisotopic (exact) mass is 194 g/mol. The maximum Gasteiger partial charge on any atom is 0.307 e. The molecule has 0 amide bonds. The number of hydrogen-bond acceptors (Lipinski definition) is 3. The Morgan fingerprint density at radius 1 is 1.64 bits per heavy atom. The number of aliphatic carboxylic acids is 1. The van der Waals surface area contributed by atoms with Crippen LogP contribution < -0.4 is 5.73 Å². The number of carbonyl (C=O) groups is 1. The molecule has 0 spiro atoms. The predicted octanol–water partition coefficient (Wildman–Crippen LogP) is 0.907. The van der Waals surface area contributed by atoms with Crippen molar-refractivity contribution in [2.24, 2.45) is 0 Å². The summed E-state index contributed by atoms with van der Waals surface area (Å²) in [6.45, 7) is 0. The molecule has 0 radical (unpaired) electrons. The average molecular weight is 194 g/mol. The van der Waals surface area contributed by atoms with E-state index in [9.17, 15) is 9.18 Å². The van der Waals surface area contributed by atoms with E-state index in [1.165, 1.54) is 12.1 Å². The first-order valence-electron chi connectivity index (χ1n) is 3.75. The molecule has 0 unspecified atom stereocenters. The number of nitrogens with zero attached hydrogens (tertiary/aromatic N) is 1. The van der Waals surface area contributed by atoms with Gasteiger partial charge in [-0.15, -0.1) is 0 Å². The van der Waals surface area contributed by atoms with Crippen LogP contribution in [0.5, 0.6) is 0 Å². The number of benzene rings is 1. The van der Waals surface area contributed by atoms with Crippen LogP contribution in [0.1, 0.15) is 11.1 Å². The van der Waals surface area contributed by atoms with Crippen molar-refractivity contribution in [2.45, 2.75) is 6.42 Å². The molecule has 0 aliphatic heterocycles. The largest absolute Gasteiger partial charge is 0.481 e. The van der Waals surface area contributed by atoms with Crippen LogP contribution in [0, 0.1) is 17.1 Å². The van der Waals surface area contributed by atoms with E-state index in [1.54, 1.807) is 6.07 Å². The van der Waals surface area contributed by atoms with Gasteiger partial charge in [0.05, 0.1) is 23.7 Å². The maximum atomic E-state index is 13.3. The number of nitrogens with two attached hydrogens (primary N) is 1. The van der Waals surface area contributed by atoms with Gasteiger partial charge in [-0.1, -0.05) is 0 Å². The summed E-state index contributed by atoms with van der Waals surface area (Å²) in [5.41, 5.74) is 4.92. The van der Waals surface area contributed by atoms with Crippen LogP contribution in [-0.4, -0.2) is 11.1 Å². The fraction of sp³-hybridized carbons (Fsp3) is 0.111. The summed E-state index contributed by atoms with van der Waals surface area (Å²) in [6, 6.07) is 4.25. The van der Waals surface area contributed by atoms with Crippen LogP contribution in [-0.2, 0) is 11.2 Å².